The second-order valence-electron chi connectivity index (χ2n) is 5.89. The predicted molar refractivity (Wildman–Crippen MR) is 91.7 cm³/mol. The highest BCUT2D eigenvalue weighted by molar-refractivity contribution is 5.86. The van der Waals surface area contributed by atoms with Crippen LogP contribution in [-0.4, -0.2) is 15.3 Å². The van der Waals surface area contributed by atoms with Gasteiger partial charge in [0.2, 0.25) is 0 Å². The van der Waals surface area contributed by atoms with E-state index in [1.165, 1.54) is 24.3 Å². The van der Waals surface area contributed by atoms with Gasteiger partial charge in [-0.15, -0.1) is 0 Å². The van der Waals surface area contributed by atoms with Gasteiger partial charge >= 0.3 is 0 Å². The molecule has 3 aromatic carbocycles. The molecule has 3 nitrogen and oxygen atoms in total. The Hall–Kier alpha value is -3.01. The van der Waals surface area contributed by atoms with Gasteiger partial charge in [0.1, 0.15) is 23.1 Å². The number of rotatable bonds is 2. The maximum absolute atomic E-state index is 14.2. The molecule has 0 radical (unpaired) electrons. The molecule has 0 saturated heterocycles. The number of phenols is 3. The molecule has 24 heavy (non-hydrogen) atoms. The third-order valence-corrected chi connectivity index (χ3v) is 3.96. The predicted octanol–water partition coefficient (Wildman–Crippen LogP) is 4.89. The van der Waals surface area contributed by atoms with Crippen molar-refractivity contribution in [2.24, 2.45) is 0 Å². The lowest BCUT2D eigenvalue weighted by Gasteiger charge is -2.14. The van der Waals surface area contributed by atoms with Crippen LogP contribution in [0.5, 0.6) is 17.2 Å². The molecule has 0 aliphatic rings. The van der Waals surface area contributed by atoms with E-state index in [9.17, 15) is 19.7 Å². The van der Waals surface area contributed by atoms with Crippen molar-refractivity contribution in [1.82, 2.24) is 0 Å². The third kappa shape index (κ3) is 2.78. The van der Waals surface area contributed by atoms with E-state index < -0.39 is 5.82 Å². The van der Waals surface area contributed by atoms with Gasteiger partial charge in [0, 0.05) is 22.3 Å². The van der Waals surface area contributed by atoms with E-state index >= 15 is 0 Å². The maximum atomic E-state index is 14.2. The molecular formula is C20H17FO3. The average Bonchev–Trinajstić information content (AvgIpc) is 2.54. The van der Waals surface area contributed by atoms with Crippen molar-refractivity contribution in [2.75, 3.05) is 0 Å². The Morgan fingerprint density at radius 3 is 1.46 bits per heavy atom. The van der Waals surface area contributed by atoms with Crippen molar-refractivity contribution in [2.45, 2.75) is 13.8 Å². The smallest absolute Gasteiger partial charge is 0.131 e. The zero-order chi connectivity index (χ0) is 17.4. The van der Waals surface area contributed by atoms with E-state index in [1.807, 2.05) is 13.8 Å². The van der Waals surface area contributed by atoms with Gasteiger partial charge in [0.25, 0.3) is 0 Å². The SMILES string of the molecule is Cc1ccc(O)c(-c2cc(F)cc(-c3cc(C)ccc3O)c2O)c1. The quantitative estimate of drug-likeness (QED) is 0.629. The van der Waals surface area contributed by atoms with Crippen LogP contribution in [0.15, 0.2) is 48.5 Å². The monoisotopic (exact) mass is 324 g/mol. The van der Waals surface area contributed by atoms with E-state index in [0.29, 0.717) is 11.1 Å². The number of aryl methyl sites for hydroxylation is 2. The lowest BCUT2D eigenvalue weighted by atomic mass is 9.94. The van der Waals surface area contributed by atoms with Crippen molar-refractivity contribution in [3.8, 4) is 39.5 Å². The molecule has 3 N–H and O–H groups in total. The summed E-state index contributed by atoms with van der Waals surface area (Å²) in [7, 11) is 0. The second kappa shape index (κ2) is 5.89. The third-order valence-electron chi connectivity index (χ3n) is 3.96. The molecule has 0 spiro atoms. The highest BCUT2D eigenvalue weighted by atomic mass is 19.1. The van der Waals surface area contributed by atoms with Crippen molar-refractivity contribution in [3.05, 3.63) is 65.5 Å². The number of hydrogen-bond acceptors (Lipinski definition) is 3. The zero-order valence-electron chi connectivity index (χ0n) is 13.3. The molecule has 0 unspecified atom stereocenters. The highest BCUT2D eigenvalue weighted by Crippen LogP contribution is 2.44. The summed E-state index contributed by atoms with van der Waals surface area (Å²) in [6.07, 6.45) is 0. The van der Waals surface area contributed by atoms with Crippen LogP contribution in [0.25, 0.3) is 22.3 Å². The summed E-state index contributed by atoms with van der Waals surface area (Å²) in [6, 6.07) is 12.1. The lowest BCUT2D eigenvalue weighted by Crippen LogP contribution is -1.90. The van der Waals surface area contributed by atoms with Crippen LogP contribution < -0.4 is 0 Å². The fraction of sp³-hybridized carbons (Fsp3) is 0.100. The number of hydrogen-bond donors (Lipinski definition) is 3. The first-order valence-corrected chi connectivity index (χ1v) is 7.49. The Bertz CT molecular complexity index is 860. The maximum Gasteiger partial charge on any atom is 0.131 e. The number of halogens is 1. The number of benzene rings is 3. The Labute approximate surface area is 139 Å². The molecule has 0 atom stereocenters. The topological polar surface area (TPSA) is 60.7 Å². The molecule has 0 amide bonds. The van der Waals surface area contributed by atoms with Gasteiger partial charge in [-0.2, -0.15) is 0 Å². The largest absolute Gasteiger partial charge is 0.507 e. The Kier molecular flexibility index (Phi) is 3.89. The summed E-state index contributed by atoms with van der Waals surface area (Å²) >= 11 is 0. The molecule has 3 rings (SSSR count). The van der Waals surface area contributed by atoms with Gasteiger partial charge in [-0.05, 0) is 50.2 Å². The minimum absolute atomic E-state index is 0.0547. The van der Waals surface area contributed by atoms with Crippen molar-refractivity contribution >= 4 is 0 Å². The van der Waals surface area contributed by atoms with Gasteiger partial charge in [-0.25, -0.2) is 4.39 Å². The van der Waals surface area contributed by atoms with Gasteiger partial charge in [0.15, 0.2) is 0 Å². The molecule has 0 heterocycles. The van der Waals surface area contributed by atoms with Gasteiger partial charge < -0.3 is 15.3 Å². The van der Waals surface area contributed by atoms with E-state index in [4.69, 9.17) is 0 Å². The van der Waals surface area contributed by atoms with Crippen molar-refractivity contribution < 1.29 is 19.7 Å². The summed E-state index contributed by atoms with van der Waals surface area (Å²) in [6.45, 7) is 3.68. The summed E-state index contributed by atoms with van der Waals surface area (Å²) in [5.74, 6) is -0.875. The summed E-state index contributed by atoms with van der Waals surface area (Å²) < 4.78 is 14.2. The molecule has 4 heteroatoms. The Balaban J connectivity index is 2.30. The van der Waals surface area contributed by atoms with Gasteiger partial charge in [-0.1, -0.05) is 23.3 Å². The fourth-order valence-electron chi connectivity index (χ4n) is 2.74. The number of aromatic hydroxyl groups is 3. The first-order chi connectivity index (χ1) is 11.4. The molecule has 0 saturated carbocycles. The van der Waals surface area contributed by atoms with Crippen LogP contribution in [0.4, 0.5) is 4.39 Å². The normalized spacial score (nSPS) is 10.8. The Morgan fingerprint density at radius 1 is 0.625 bits per heavy atom. The van der Waals surface area contributed by atoms with E-state index in [0.717, 1.165) is 11.1 Å². The molecule has 0 fully saturated rings. The standard InChI is InChI=1S/C20H17FO3/c1-11-3-5-18(22)14(7-11)16-9-13(21)10-17(20(16)24)15-8-12(2)4-6-19(15)23/h3-10,22-24H,1-2H3. The summed E-state index contributed by atoms with van der Waals surface area (Å²) in [5.41, 5.74) is 2.75. The first-order valence-electron chi connectivity index (χ1n) is 7.49. The van der Waals surface area contributed by atoms with Crippen molar-refractivity contribution in [3.63, 3.8) is 0 Å². The molecule has 122 valence electrons. The minimum atomic E-state index is -0.570. The van der Waals surface area contributed by atoms with E-state index in [2.05, 4.69) is 0 Å². The summed E-state index contributed by atoms with van der Waals surface area (Å²) in [4.78, 5) is 0. The van der Waals surface area contributed by atoms with Gasteiger partial charge in [-0.3, -0.25) is 0 Å². The first kappa shape index (κ1) is 15.9. The van der Waals surface area contributed by atoms with Crippen LogP contribution in [0.1, 0.15) is 11.1 Å². The number of phenolic OH excluding ortho intramolecular Hbond substituents is 3. The fourth-order valence-corrected chi connectivity index (χ4v) is 2.74. The van der Waals surface area contributed by atoms with Crippen LogP contribution >= 0.6 is 0 Å². The van der Waals surface area contributed by atoms with E-state index in [1.54, 1.807) is 24.3 Å². The second-order valence-corrected chi connectivity index (χ2v) is 5.89. The van der Waals surface area contributed by atoms with E-state index in [-0.39, 0.29) is 28.4 Å². The zero-order valence-corrected chi connectivity index (χ0v) is 13.3. The van der Waals surface area contributed by atoms with Crippen LogP contribution in [0.2, 0.25) is 0 Å². The van der Waals surface area contributed by atoms with Crippen LogP contribution in [-0.2, 0) is 0 Å². The minimum Gasteiger partial charge on any atom is -0.507 e. The molecular weight excluding hydrogens is 307 g/mol. The molecule has 0 aliphatic carbocycles. The highest BCUT2D eigenvalue weighted by Gasteiger charge is 2.18. The average molecular weight is 324 g/mol. The molecule has 0 aromatic heterocycles. The Morgan fingerprint density at radius 2 is 1.04 bits per heavy atom. The van der Waals surface area contributed by atoms with Gasteiger partial charge in [0.05, 0.1) is 0 Å². The molecule has 0 bridgehead atoms. The van der Waals surface area contributed by atoms with Crippen molar-refractivity contribution in [1.29, 1.82) is 0 Å². The molecule has 0 aliphatic heterocycles. The van der Waals surface area contributed by atoms with Crippen LogP contribution in [0, 0.1) is 19.7 Å². The summed E-state index contributed by atoms with van der Waals surface area (Å²) in [5, 5.41) is 30.8. The lowest BCUT2D eigenvalue weighted by molar-refractivity contribution is 0.465. The molecule has 3 aromatic rings. The van der Waals surface area contributed by atoms with Crippen LogP contribution in [0.3, 0.4) is 0 Å².